The highest BCUT2D eigenvalue weighted by atomic mass is 32.1. The van der Waals surface area contributed by atoms with E-state index in [2.05, 4.69) is 5.32 Å². The average Bonchev–Trinajstić information content (AvgIpc) is 2.98. The fraction of sp³-hybridized carbons (Fsp3) is 0.0556. The van der Waals surface area contributed by atoms with Gasteiger partial charge in [0.05, 0.1) is 4.88 Å². The predicted octanol–water partition coefficient (Wildman–Crippen LogP) is 4.98. The van der Waals surface area contributed by atoms with Gasteiger partial charge in [0.2, 0.25) is 0 Å². The number of hydrogen-bond acceptors (Lipinski definition) is 2. The second-order valence-corrected chi connectivity index (χ2v) is 5.77. The van der Waals surface area contributed by atoms with Crippen LogP contribution in [0.25, 0.3) is 11.1 Å². The molecule has 0 fully saturated rings. The van der Waals surface area contributed by atoms with Gasteiger partial charge in [-0.05, 0) is 41.6 Å². The molecular formula is C18H15NOS. The normalized spacial score (nSPS) is 10.3. The zero-order valence-electron chi connectivity index (χ0n) is 11.7. The molecule has 0 bridgehead atoms. The van der Waals surface area contributed by atoms with E-state index in [1.807, 2.05) is 73.0 Å². The van der Waals surface area contributed by atoms with Crippen LogP contribution in [0, 0.1) is 6.92 Å². The van der Waals surface area contributed by atoms with Crippen molar-refractivity contribution < 1.29 is 4.79 Å². The summed E-state index contributed by atoms with van der Waals surface area (Å²) < 4.78 is 0. The second-order valence-electron chi connectivity index (χ2n) is 4.85. The number of nitrogens with one attached hydrogen (secondary N) is 1. The van der Waals surface area contributed by atoms with Gasteiger partial charge in [0.1, 0.15) is 0 Å². The van der Waals surface area contributed by atoms with Crippen LogP contribution in [0.15, 0.2) is 66.0 Å². The van der Waals surface area contributed by atoms with E-state index in [-0.39, 0.29) is 5.91 Å². The molecule has 0 saturated carbocycles. The maximum atomic E-state index is 12.5. The van der Waals surface area contributed by atoms with E-state index in [1.165, 1.54) is 11.3 Å². The molecule has 0 unspecified atom stereocenters. The van der Waals surface area contributed by atoms with E-state index in [0.717, 1.165) is 27.3 Å². The Morgan fingerprint density at radius 2 is 1.81 bits per heavy atom. The molecule has 2 aromatic carbocycles. The number of benzene rings is 2. The summed E-state index contributed by atoms with van der Waals surface area (Å²) >= 11 is 1.46. The van der Waals surface area contributed by atoms with E-state index in [0.29, 0.717) is 0 Å². The summed E-state index contributed by atoms with van der Waals surface area (Å²) in [5, 5.41) is 4.92. The number of hydrogen-bond donors (Lipinski definition) is 1. The van der Waals surface area contributed by atoms with E-state index >= 15 is 0 Å². The molecule has 1 heterocycles. The van der Waals surface area contributed by atoms with Crippen LogP contribution in [0.2, 0.25) is 0 Å². The maximum Gasteiger partial charge on any atom is 0.266 e. The standard InChI is InChI=1S/C18H15NOS/c1-13-6-5-9-15(12-13)19-18(20)17-16(10-11-21-17)14-7-3-2-4-8-14/h2-12H,1H3,(H,19,20). The molecule has 0 radical (unpaired) electrons. The van der Waals surface area contributed by atoms with Crippen molar-refractivity contribution in [3.8, 4) is 11.1 Å². The number of rotatable bonds is 3. The Kier molecular flexibility index (Phi) is 3.84. The summed E-state index contributed by atoms with van der Waals surface area (Å²) in [5.41, 5.74) is 3.99. The first-order valence-corrected chi connectivity index (χ1v) is 7.63. The Balaban J connectivity index is 1.88. The average molecular weight is 293 g/mol. The van der Waals surface area contributed by atoms with Crippen LogP contribution >= 0.6 is 11.3 Å². The lowest BCUT2D eigenvalue weighted by atomic mass is 10.1. The molecular weight excluding hydrogens is 278 g/mol. The molecule has 3 heteroatoms. The van der Waals surface area contributed by atoms with Gasteiger partial charge < -0.3 is 5.32 Å². The molecule has 21 heavy (non-hydrogen) atoms. The molecule has 0 aliphatic carbocycles. The zero-order valence-corrected chi connectivity index (χ0v) is 12.5. The lowest BCUT2D eigenvalue weighted by Gasteiger charge is -2.07. The van der Waals surface area contributed by atoms with Crippen LogP contribution in [0.5, 0.6) is 0 Å². The summed E-state index contributed by atoms with van der Waals surface area (Å²) in [5.74, 6) is -0.0607. The maximum absolute atomic E-state index is 12.5. The molecule has 3 aromatic rings. The highest BCUT2D eigenvalue weighted by molar-refractivity contribution is 7.12. The van der Waals surface area contributed by atoms with Crippen molar-refractivity contribution in [2.24, 2.45) is 0 Å². The van der Waals surface area contributed by atoms with Crippen molar-refractivity contribution in [1.82, 2.24) is 0 Å². The Morgan fingerprint density at radius 3 is 2.57 bits per heavy atom. The van der Waals surface area contributed by atoms with Gasteiger partial charge in [-0.15, -0.1) is 11.3 Å². The van der Waals surface area contributed by atoms with Crippen LogP contribution in [0.4, 0.5) is 5.69 Å². The van der Waals surface area contributed by atoms with Crippen LogP contribution in [-0.4, -0.2) is 5.91 Å². The molecule has 0 saturated heterocycles. The van der Waals surface area contributed by atoms with Crippen molar-refractivity contribution in [2.75, 3.05) is 5.32 Å². The Morgan fingerprint density at radius 1 is 1.00 bits per heavy atom. The monoisotopic (exact) mass is 293 g/mol. The summed E-state index contributed by atoms with van der Waals surface area (Å²) in [4.78, 5) is 13.2. The van der Waals surface area contributed by atoms with Crippen molar-refractivity contribution in [3.05, 3.63) is 76.5 Å². The van der Waals surface area contributed by atoms with Gasteiger partial charge in [-0.2, -0.15) is 0 Å². The minimum atomic E-state index is -0.0607. The third-order valence-corrected chi connectivity index (χ3v) is 4.15. The molecule has 0 spiro atoms. The number of carbonyl (C=O) groups excluding carboxylic acids is 1. The minimum Gasteiger partial charge on any atom is -0.321 e. The van der Waals surface area contributed by atoms with Gasteiger partial charge in [0, 0.05) is 11.3 Å². The summed E-state index contributed by atoms with van der Waals surface area (Å²) in [6.45, 7) is 2.01. The fourth-order valence-corrected chi connectivity index (χ4v) is 3.05. The molecule has 1 aromatic heterocycles. The van der Waals surface area contributed by atoms with Gasteiger partial charge in [0.15, 0.2) is 0 Å². The third-order valence-electron chi connectivity index (χ3n) is 3.23. The Bertz CT molecular complexity index is 762. The molecule has 104 valence electrons. The lowest BCUT2D eigenvalue weighted by Crippen LogP contribution is -2.11. The first kappa shape index (κ1) is 13.6. The van der Waals surface area contributed by atoms with Crippen molar-refractivity contribution in [2.45, 2.75) is 6.92 Å². The quantitative estimate of drug-likeness (QED) is 0.725. The highest BCUT2D eigenvalue weighted by Crippen LogP contribution is 2.28. The van der Waals surface area contributed by atoms with Gasteiger partial charge in [0.25, 0.3) is 5.91 Å². The molecule has 0 aliphatic rings. The van der Waals surface area contributed by atoms with Crippen LogP contribution in [-0.2, 0) is 0 Å². The number of anilines is 1. The smallest absolute Gasteiger partial charge is 0.266 e. The molecule has 0 atom stereocenters. The Labute approximate surface area is 128 Å². The van der Waals surface area contributed by atoms with Crippen molar-refractivity contribution >= 4 is 22.9 Å². The number of aryl methyl sites for hydroxylation is 1. The zero-order chi connectivity index (χ0) is 14.7. The predicted molar refractivity (Wildman–Crippen MR) is 88.9 cm³/mol. The first-order valence-electron chi connectivity index (χ1n) is 6.75. The summed E-state index contributed by atoms with van der Waals surface area (Å²) in [7, 11) is 0. The first-order chi connectivity index (χ1) is 10.2. The highest BCUT2D eigenvalue weighted by Gasteiger charge is 2.14. The molecule has 3 rings (SSSR count). The summed E-state index contributed by atoms with van der Waals surface area (Å²) in [6.07, 6.45) is 0. The molecule has 2 nitrogen and oxygen atoms in total. The topological polar surface area (TPSA) is 29.1 Å². The van der Waals surface area contributed by atoms with E-state index in [1.54, 1.807) is 0 Å². The van der Waals surface area contributed by atoms with E-state index in [9.17, 15) is 4.79 Å². The molecule has 1 amide bonds. The number of thiophene rings is 1. The molecule has 0 aliphatic heterocycles. The molecule has 1 N–H and O–H groups in total. The van der Waals surface area contributed by atoms with Gasteiger partial charge >= 0.3 is 0 Å². The van der Waals surface area contributed by atoms with Crippen molar-refractivity contribution in [1.29, 1.82) is 0 Å². The van der Waals surface area contributed by atoms with Crippen molar-refractivity contribution in [3.63, 3.8) is 0 Å². The third kappa shape index (κ3) is 3.03. The second kappa shape index (κ2) is 5.94. The van der Waals surface area contributed by atoms with E-state index < -0.39 is 0 Å². The van der Waals surface area contributed by atoms with Crippen LogP contribution < -0.4 is 5.32 Å². The van der Waals surface area contributed by atoms with E-state index in [4.69, 9.17) is 0 Å². The Hall–Kier alpha value is -2.39. The van der Waals surface area contributed by atoms with Crippen LogP contribution in [0.1, 0.15) is 15.2 Å². The van der Waals surface area contributed by atoms with Crippen LogP contribution in [0.3, 0.4) is 0 Å². The number of amides is 1. The summed E-state index contributed by atoms with van der Waals surface area (Å²) in [6, 6.07) is 19.8. The fourth-order valence-electron chi connectivity index (χ4n) is 2.24. The van der Waals surface area contributed by atoms with Gasteiger partial charge in [-0.1, -0.05) is 42.5 Å². The largest absolute Gasteiger partial charge is 0.321 e. The van der Waals surface area contributed by atoms with Gasteiger partial charge in [-0.3, -0.25) is 4.79 Å². The lowest BCUT2D eigenvalue weighted by molar-refractivity contribution is 0.103. The SMILES string of the molecule is Cc1cccc(NC(=O)c2sccc2-c2ccccc2)c1. The van der Waals surface area contributed by atoms with Gasteiger partial charge in [-0.25, -0.2) is 0 Å². The number of carbonyl (C=O) groups is 1. The minimum absolute atomic E-state index is 0.0607.